The van der Waals surface area contributed by atoms with Crippen molar-refractivity contribution in [2.75, 3.05) is 33.4 Å². The molecule has 1 aromatic carbocycles. The molecule has 0 atom stereocenters. The highest BCUT2D eigenvalue weighted by Gasteiger charge is 2.19. The Bertz CT molecular complexity index is 545. The molecular formula is C16H19NO3. The minimum atomic E-state index is -0.226. The van der Waals surface area contributed by atoms with Gasteiger partial charge in [0.25, 0.3) is 0 Å². The van der Waals surface area contributed by atoms with Crippen LogP contribution in [0.1, 0.15) is 16.7 Å². The molecule has 1 fully saturated rings. The molecular weight excluding hydrogens is 254 g/mol. The number of rotatable bonds is 3. The highest BCUT2D eigenvalue weighted by molar-refractivity contribution is 5.96. The second-order valence-electron chi connectivity index (χ2n) is 5.26. The first-order valence-corrected chi connectivity index (χ1v) is 6.97. The Labute approximate surface area is 119 Å². The van der Waals surface area contributed by atoms with Crippen molar-refractivity contribution >= 4 is 12.0 Å². The monoisotopic (exact) mass is 273 g/mol. The molecule has 0 amide bonds. The predicted octanol–water partition coefficient (Wildman–Crippen LogP) is 1.63. The van der Waals surface area contributed by atoms with Gasteiger partial charge in [0.1, 0.15) is 0 Å². The molecule has 1 heterocycles. The van der Waals surface area contributed by atoms with Gasteiger partial charge in [-0.1, -0.05) is 18.2 Å². The van der Waals surface area contributed by atoms with E-state index >= 15 is 0 Å². The maximum atomic E-state index is 11.6. The van der Waals surface area contributed by atoms with E-state index in [2.05, 4.69) is 23.1 Å². The smallest absolute Gasteiger partial charge is 0.334 e. The minimum absolute atomic E-state index is 0.226. The second kappa shape index (κ2) is 5.77. The Morgan fingerprint density at radius 1 is 1.35 bits per heavy atom. The first-order valence-electron chi connectivity index (χ1n) is 6.97. The number of morpholine rings is 1. The van der Waals surface area contributed by atoms with Crippen molar-refractivity contribution in [3.63, 3.8) is 0 Å². The average molecular weight is 273 g/mol. The van der Waals surface area contributed by atoms with Crippen LogP contribution in [0.25, 0.3) is 6.08 Å². The maximum absolute atomic E-state index is 11.6. The van der Waals surface area contributed by atoms with E-state index < -0.39 is 0 Å². The van der Waals surface area contributed by atoms with Gasteiger partial charge in [0.15, 0.2) is 0 Å². The van der Waals surface area contributed by atoms with Crippen LogP contribution < -0.4 is 0 Å². The zero-order valence-corrected chi connectivity index (χ0v) is 11.7. The summed E-state index contributed by atoms with van der Waals surface area (Å²) in [4.78, 5) is 14.0. The van der Waals surface area contributed by atoms with Crippen molar-refractivity contribution in [3.05, 3.63) is 40.5 Å². The number of esters is 1. The maximum Gasteiger partial charge on any atom is 0.334 e. The lowest BCUT2D eigenvalue weighted by Crippen LogP contribution is -2.35. The van der Waals surface area contributed by atoms with Crippen molar-refractivity contribution < 1.29 is 14.3 Å². The Hall–Kier alpha value is -1.65. The van der Waals surface area contributed by atoms with Crippen LogP contribution >= 0.6 is 0 Å². The summed E-state index contributed by atoms with van der Waals surface area (Å²) in [6.45, 7) is 4.56. The molecule has 0 spiro atoms. The van der Waals surface area contributed by atoms with Crippen LogP contribution in [0.15, 0.2) is 23.8 Å². The molecule has 1 aliphatic heterocycles. The third kappa shape index (κ3) is 2.76. The SMILES string of the molecule is COC(=O)C1=Cc2ccc(CN3CCOCC3)cc2C1. The van der Waals surface area contributed by atoms with Crippen LogP contribution in [0.4, 0.5) is 0 Å². The standard InChI is InChI=1S/C16H19NO3/c1-19-16(18)15-9-13-3-2-12(8-14(13)10-15)11-17-4-6-20-7-5-17/h2-3,8-9H,4-7,10-11H2,1H3. The molecule has 0 bridgehead atoms. The average Bonchev–Trinajstić information content (AvgIpc) is 2.90. The zero-order chi connectivity index (χ0) is 13.9. The highest BCUT2D eigenvalue weighted by atomic mass is 16.5. The summed E-state index contributed by atoms with van der Waals surface area (Å²) in [5.41, 5.74) is 4.39. The number of hydrogen-bond acceptors (Lipinski definition) is 4. The van der Waals surface area contributed by atoms with E-state index in [1.54, 1.807) is 0 Å². The molecule has 1 aromatic rings. The van der Waals surface area contributed by atoms with E-state index in [1.807, 2.05) is 6.08 Å². The molecule has 4 nitrogen and oxygen atoms in total. The van der Waals surface area contributed by atoms with Crippen molar-refractivity contribution in [2.24, 2.45) is 0 Å². The van der Waals surface area contributed by atoms with Gasteiger partial charge in [-0.2, -0.15) is 0 Å². The number of carbonyl (C=O) groups is 1. The molecule has 2 aliphatic rings. The summed E-state index contributed by atoms with van der Waals surface area (Å²) in [7, 11) is 1.43. The Kier molecular flexibility index (Phi) is 3.85. The van der Waals surface area contributed by atoms with E-state index in [1.165, 1.54) is 18.2 Å². The summed E-state index contributed by atoms with van der Waals surface area (Å²) in [5.74, 6) is -0.226. The van der Waals surface area contributed by atoms with E-state index in [0.29, 0.717) is 6.42 Å². The van der Waals surface area contributed by atoms with E-state index in [9.17, 15) is 4.79 Å². The first kappa shape index (κ1) is 13.3. The van der Waals surface area contributed by atoms with Gasteiger partial charge in [0.05, 0.1) is 20.3 Å². The molecule has 0 unspecified atom stereocenters. The summed E-state index contributed by atoms with van der Waals surface area (Å²) in [5, 5.41) is 0. The summed E-state index contributed by atoms with van der Waals surface area (Å²) in [6.07, 6.45) is 2.61. The summed E-state index contributed by atoms with van der Waals surface area (Å²) >= 11 is 0. The van der Waals surface area contributed by atoms with Gasteiger partial charge in [-0.05, 0) is 22.8 Å². The van der Waals surface area contributed by atoms with Gasteiger partial charge in [0.2, 0.25) is 0 Å². The molecule has 0 aromatic heterocycles. The summed E-state index contributed by atoms with van der Waals surface area (Å²) < 4.78 is 10.2. The third-order valence-electron chi connectivity index (χ3n) is 3.88. The number of methoxy groups -OCH3 is 1. The zero-order valence-electron chi connectivity index (χ0n) is 11.7. The van der Waals surface area contributed by atoms with Crippen molar-refractivity contribution in [1.29, 1.82) is 0 Å². The molecule has 0 radical (unpaired) electrons. The second-order valence-corrected chi connectivity index (χ2v) is 5.26. The van der Waals surface area contributed by atoms with E-state index in [-0.39, 0.29) is 5.97 Å². The largest absolute Gasteiger partial charge is 0.466 e. The van der Waals surface area contributed by atoms with Gasteiger partial charge >= 0.3 is 5.97 Å². The fraction of sp³-hybridized carbons (Fsp3) is 0.438. The predicted molar refractivity (Wildman–Crippen MR) is 76.2 cm³/mol. The van der Waals surface area contributed by atoms with Gasteiger partial charge < -0.3 is 9.47 Å². The number of hydrogen-bond donors (Lipinski definition) is 0. The molecule has 0 saturated carbocycles. The van der Waals surface area contributed by atoms with Crippen molar-refractivity contribution in [1.82, 2.24) is 4.90 Å². The van der Waals surface area contributed by atoms with Crippen LogP contribution in [0.3, 0.4) is 0 Å². The number of carbonyl (C=O) groups excluding carboxylic acids is 1. The molecule has 4 heteroatoms. The topological polar surface area (TPSA) is 38.8 Å². The molecule has 1 aliphatic carbocycles. The van der Waals surface area contributed by atoms with Crippen LogP contribution in [0.5, 0.6) is 0 Å². The normalized spacial score (nSPS) is 18.6. The van der Waals surface area contributed by atoms with E-state index in [0.717, 1.165) is 44.0 Å². The van der Waals surface area contributed by atoms with Gasteiger partial charge in [-0.25, -0.2) is 4.79 Å². The van der Waals surface area contributed by atoms with Crippen LogP contribution in [0, 0.1) is 0 Å². The molecule has 1 saturated heterocycles. The van der Waals surface area contributed by atoms with Gasteiger partial charge in [-0.3, -0.25) is 4.90 Å². The molecule has 20 heavy (non-hydrogen) atoms. The van der Waals surface area contributed by atoms with E-state index in [4.69, 9.17) is 9.47 Å². The molecule has 3 rings (SSSR count). The lowest BCUT2D eigenvalue weighted by atomic mass is 10.0. The Balaban J connectivity index is 1.69. The Morgan fingerprint density at radius 2 is 2.15 bits per heavy atom. The number of nitrogens with zero attached hydrogens (tertiary/aromatic N) is 1. The van der Waals surface area contributed by atoms with Crippen LogP contribution in [0.2, 0.25) is 0 Å². The quantitative estimate of drug-likeness (QED) is 0.785. The fourth-order valence-corrected chi connectivity index (χ4v) is 2.77. The number of ether oxygens (including phenoxy) is 2. The fourth-order valence-electron chi connectivity index (χ4n) is 2.77. The first-order chi connectivity index (χ1) is 9.76. The Morgan fingerprint density at radius 3 is 2.90 bits per heavy atom. The van der Waals surface area contributed by atoms with Crippen LogP contribution in [-0.4, -0.2) is 44.3 Å². The number of fused-ring (bicyclic) bond motifs is 1. The highest BCUT2D eigenvalue weighted by Crippen LogP contribution is 2.27. The van der Waals surface area contributed by atoms with Crippen molar-refractivity contribution in [3.8, 4) is 0 Å². The van der Waals surface area contributed by atoms with Crippen molar-refractivity contribution in [2.45, 2.75) is 13.0 Å². The third-order valence-corrected chi connectivity index (χ3v) is 3.88. The van der Waals surface area contributed by atoms with Gasteiger partial charge in [-0.15, -0.1) is 0 Å². The number of benzene rings is 1. The van der Waals surface area contributed by atoms with Gasteiger partial charge in [0, 0.05) is 31.6 Å². The summed E-state index contributed by atoms with van der Waals surface area (Å²) in [6, 6.07) is 6.45. The minimum Gasteiger partial charge on any atom is -0.466 e. The molecule has 106 valence electrons. The molecule has 0 N–H and O–H groups in total. The van der Waals surface area contributed by atoms with Crippen LogP contribution in [-0.2, 0) is 27.2 Å². The lowest BCUT2D eigenvalue weighted by Gasteiger charge is -2.26. The lowest BCUT2D eigenvalue weighted by molar-refractivity contribution is -0.136.